The van der Waals surface area contributed by atoms with Gasteiger partial charge in [-0.15, -0.1) is 0 Å². The molecule has 12 heteroatoms. The van der Waals surface area contributed by atoms with E-state index < -0.39 is 28.5 Å². The van der Waals surface area contributed by atoms with Crippen molar-refractivity contribution < 1.29 is 22.7 Å². The summed E-state index contributed by atoms with van der Waals surface area (Å²) < 4.78 is 35.2. The minimum atomic E-state index is -4.36. The molecule has 4 aromatic rings. The number of aryl methyl sites for hydroxylation is 1. The van der Waals surface area contributed by atoms with E-state index in [1.165, 1.54) is 36.3 Å². The third kappa shape index (κ3) is 9.44. The van der Waals surface area contributed by atoms with Crippen LogP contribution in [0.4, 0.5) is 5.69 Å². The second-order valence-corrected chi connectivity index (χ2v) is 14.9. The standard InChI is InChI=1S/C36H38Cl3N3O5S/c1-24(2)21-40-36(44)33(18-26-8-6-5-7-9-26)41(22-27-12-13-28(37)19-31(27)39)35(43)23-42(32-20-29(38)14-17-34(32)47-4)48(45,46)30-15-10-25(3)11-16-30/h5-17,19-20,24,33H,18,21-23H2,1-4H3,(H,40,44)/t33-/m0/s1. The molecular formula is C36H38Cl3N3O5S. The summed E-state index contributed by atoms with van der Waals surface area (Å²) in [5.74, 6) is -0.712. The predicted octanol–water partition coefficient (Wildman–Crippen LogP) is 7.57. The smallest absolute Gasteiger partial charge is 0.264 e. The van der Waals surface area contributed by atoms with Crippen molar-refractivity contribution >= 4 is 62.3 Å². The summed E-state index contributed by atoms with van der Waals surface area (Å²) in [6, 6.07) is 23.9. The van der Waals surface area contributed by atoms with Crippen molar-refractivity contribution in [3.63, 3.8) is 0 Å². The van der Waals surface area contributed by atoms with Crippen LogP contribution in [-0.4, -0.2) is 51.4 Å². The highest BCUT2D eigenvalue weighted by atomic mass is 35.5. The van der Waals surface area contributed by atoms with Crippen LogP contribution in [0, 0.1) is 12.8 Å². The van der Waals surface area contributed by atoms with Gasteiger partial charge in [-0.1, -0.05) is 103 Å². The molecule has 0 radical (unpaired) electrons. The molecular weight excluding hydrogens is 693 g/mol. The largest absolute Gasteiger partial charge is 0.495 e. The van der Waals surface area contributed by atoms with Gasteiger partial charge < -0.3 is 15.0 Å². The summed E-state index contributed by atoms with van der Waals surface area (Å²) in [5.41, 5.74) is 2.26. The molecule has 0 fully saturated rings. The lowest BCUT2D eigenvalue weighted by Gasteiger charge is -2.34. The SMILES string of the molecule is COc1ccc(Cl)cc1N(CC(=O)N(Cc1ccc(Cl)cc1Cl)[C@@H](Cc1ccccc1)C(=O)NCC(C)C)S(=O)(=O)c1ccc(C)cc1. The van der Waals surface area contributed by atoms with E-state index in [-0.39, 0.29) is 46.1 Å². The minimum Gasteiger partial charge on any atom is -0.495 e. The Bertz CT molecular complexity index is 1840. The van der Waals surface area contributed by atoms with E-state index >= 15 is 0 Å². The Hall–Kier alpha value is -3.76. The van der Waals surface area contributed by atoms with Crippen molar-refractivity contribution in [3.8, 4) is 5.75 Å². The van der Waals surface area contributed by atoms with Gasteiger partial charge in [0, 0.05) is 34.6 Å². The lowest BCUT2D eigenvalue weighted by Crippen LogP contribution is -2.53. The molecule has 0 unspecified atom stereocenters. The summed E-state index contributed by atoms with van der Waals surface area (Å²) >= 11 is 19.1. The van der Waals surface area contributed by atoms with Crippen LogP contribution in [0.1, 0.15) is 30.5 Å². The first kappa shape index (κ1) is 37.1. The molecule has 0 aromatic heterocycles. The van der Waals surface area contributed by atoms with Crippen molar-refractivity contribution in [1.29, 1.82) is 0 Å². The van der Waals surface area contributed by atoms with Gasteiger partial charge in [0.05, 0.1) is 17.7 Å². The van der Waals surface area contributed by atoms with Crippen molar-refractivity contribution in [1.82, 2.24) is 10.2 Å². The Morgan fingerprint density at radius 2 is 1.52 bits per heavy atom. The average molecular weight is 731 g/mol. The summed E-state index contributed by atoms with van der Waals surface area (Å²) in [7, 11) is -2.96. The Balaban J connectivity index is 1.87. The number of hydrogen-bond donors (Lipinski definition) is 1. The van der Waals surface area contributed by atoms with Crippen molar-refractivity contribution in [2.45, 2.75) is 44.7 Å². The molecule has 2 amide bonds. The molecule has 0 aliphatic heterocycles. The summed E-state index contributed by atoms with van der Waals surface area (Å²) in [6.45, 7) is 5.37. The number of sulfonamides is 1. The number of nitrogens with zero attached hydrogens (tertiary/aromatic N) is 2. The van der Waals surface area contributed by atoms with Crippen molar-refractivity contribution in [3.05, 3.63) is 123 Å². The van der Waals surface area contributed by atoms with Crippen LogP contribution in [-0.2, 0) is 32.6 Å². The molecule has 0 aliphatic carbocycles. The molecule has 0 spiro atoms. The number of anilines is 1. The van der Waals surface area contributed by atoms with Gasteiger partial charge in [-0.05, 0) is 66.4 Å². The summed E-state index contributed by atoms with van der Waals surface area (Å²) in [4.78, 5) is 30.0. The van der Waals surface area contributed by atoms with E-state index in [1.807, 2.05) is 51.1 Å². The van der Waals surface area contributed by atoms with Gasteiger partial charge in [-0.3, -0.25) is 13.9 Å². The number of carbonyl (C=O) groups excluding carboxylic acids is 2. The number of nitrogens with one attached hydrogen (secondary N) is 1. The Labute approximate surface area is 297 Å². The number of benzene rings is 4. The fraction of sp³-hybridized carbons (Fsp3) is 0.278. The van der Waals surface area contributed by atoms with E-state index in [0.29, 0.717) is 22.2 Å². The van der Waals surface area contributed by atoms with E-state index in [9.17, 15) is 18.0 Å². The van der Waals surface area contributed by atoms with Crippen LogP contribution in [0.25, 0.3) is 0 Å². The average Bonchev–Trinajstić information content (AvgIpc) is 3.05. The van der Waals surface area contributed by atoms with Crippen LogP contribution in [0.5, 0.6) is 5.75 Å². The van der Waals surface area contributed by atoms with Crippen LogP contribution in [0.15, 0.2) is 95.9 Å². The minimum absolute atomic E-state index is 0.0364. The number of rotatable bonds is 14. The van der Waals surface area contributed by atoms with Gasteiger partial charge in [0.1, 0.15) is 18.3 Å². The van der Waals surface area contributed by atoms with E-state index in [0.717, 1.165) is 15.4 Å². The maximum atomic E-state index is 14.7. The second-order valence-electron chi connectivity index (χ2n) is 11.7. The van der Waals surface area contributed by atoms with Crippen molar-refractivity contribution in [2.24, 2.45) is 5.92 Å². The zero-order chi connectivity index (χ0) is 35.0. The van der Waals surface area contributed by atoms with E-state index in [2.05, 4.69) is 5.32 Å². The molecule has 4 aromatic carbocycles. The van der Waals surface area contributed by atoms with E-state index in [4.69, 9.17) is 39.5 Å². The van der Waals surface area contributed by atoms with Gasteiger partial charge in [0.25, 0.3) is 10.0 Å². The highest BCUT2D eigenvalue weighted by Crippen LogP contribution is 2.35. The molecule has 0 saturated heterocycles. The highest BCUT2D eigenvalue weighted by Gasteiger charge is 2.36. The molecule has 254 valence electrons. The number of methoxy groups -OCH3 is 1. The van der Waals surface area contributed by atoms with Crippen LogP contribution < -0.4 is 14.4 Å². The van der Waals surface area contributed by atoms with Gasteiger partial charge in [-0.2, -0.15) is 0 Å². The lowest BCUT2D eigenvalue weighted by molar-refractivity contribution is -0.140. The lowest BCUT2D eigenvalue weighted by atomic mass is 10.0. The number of carbonyl (C=O) groups is 2. The second kappa shape index (κ2) is 16.6. The molecule has 0 heterocycles. The maximum absolute atomic E-state index is 14.7. The first-order valence-electron chi connectivity index (χ1n) is 15.3. The Morgan fingerprint density at radius 1 is 0.875 bits per heavy atom. The molecule has 1 N–H and O–H groups in total. The first-order valence-corrected chi connectivity index (χ1v) is 17.9. The van der Waals surface area contributed by atoms with Crippen LogP contribution in [0.3, 0.4) is 0 Å². The van der Waals surface area contributed by atoms with Gasteiger partial charge in [0.2, 0.25) is 11.8 Å². The quantitative estimate of drug-likeness (QED) is 0.144. The van der Waals surface area contributed by atoms with Crippen LogP contribution in [0.2, 0.25) is 15.1 Å². The predicted molar refractivity (Wildman–Crippen MR) is 193 cm³/mol. The third-order valence-electron chi connectivity index (χ3n) is 7.61. The first-order chi connectivity index (χ1) is 22.8. The number of hydrogen-bond acceptors (Lipinski definition) is 5. The normalized spacial score (nSPS) is 12.0. The maximum Gasteiger partial charge on any atom is 0.264 e. The highest BCUT2D eigenvalue weighted by molar-refractivity contribution is 7.92. The van der Waals surface area contributed by atoms with Gasteiger partial charge >= 0.3 is 0 Å². The van der Waals surface area contributed by atoms with E-state index in [1.54, 1.807) is 36.4 Å². The van der Waals surface area contributed by atoms with Crippen LogP contribution >= 0.6 is 34.8 Å². The fourth-order valence-electron chi connectivity index (χ4n) is 5.02. The topological polar surface area (TPSA) is 96.0 Å². The van der Waals surface area contributed by atoms with Gasteiger partial charge in [-0.25, -0.2) is 8.42 Å². The van der Waals surface area contributed by atoms with Crippen molar-refractivity contribution in [2.75, 3.05) is 24.5 Å². The molecule has 8 nitrogen and oxygen atoms in total. The summed E-state index contributed by atoms with van der Waals surface area (Å²) in [5, 5.41) is 3.90. The molecule has 0 saturated carbocycles. The monoisotopic (exact) mass is 729 g/mol. The third-order valence-corrected chi connectivity index (χ3v) is 10.2. The molecule has 0 aliphatic rings. The zero-order valence-corrected chi connectivity index (χ0v) is 30.2. The molecule has 48 heavy (non-hydrogen) atoms. The Morgan fingerprint density at radius 3 is 2.15 bits per heavy atom. The summed E-state index contributed by atoms with van der Waals surface area (Å²) in [6.07, 6.45) is 0.160. The zero-order valence-electron chi connectivity index (χ0n) is 27.1. The molecule has 0 bridgehead atoms. The fourth-order valence-corrected chi connectivity index (χ4v) is 7.07. The number of amides is 2. The molecule has 1 atom stereocenters. The number of ether oxygens (including phenoxy) is 1. The van der Waals surface area contributed by atoms with Gasteiger partial charge in [0.15, 0.2) is 0 Å². The number of halogens is 3. The Kier molecular flexibility index (Phi) is 12.8. The molecule has 4 rings (SSSR count).